The minimum Gasteiger partial charge on any atom is -0.355 e. The lowest BCUT2D eigenvalue weighted by Crippen LogP contribution is -2.52. The van der Waals surface area contributed by atoms with Crippen molar-refractivity contribution in [2.45, 2.75) is 44.7 Å². The van der Waals surface area contributed by atoms with E-state index in [1.807, 2.05) is 31.2 Å². The largest absolute Gasteiger partial charge is 0.355 e. The maximum absolute atomic E-state index is 13.9. The van der Waals surface area contributed by atoms with Gasteiger partial charge in [-0.2, -0.15) is 0 Å². The number of sulfonamides is 1. The first-order chi connectivity index (χ1) is 18.6. The third-order valence-corrected chi connectivity index (χ3v) is 7.94. The minimum absolute atomic E-state index is 0.0391. The van der Waals surface area contributed by atoms with Crippen molar-refractivity contribution in [1.29, 1.82) is 0 Å². The summed E-state index contributed by atoms with van der Waals surface area (Å²) in [7, 11) is -4.30. The zero-order chi connectivity index (χ0) is 28.6. The molecule has 11 heteroatoms. The Morgan fingerprint density at radius 3 is 2.23 bits per heavy atom. The average molecular weight is 553 g/mol. The van der Waals surface area contributed by atoms with Crippen LogP contribution in [0.2, 0.25) is 0 Å². The number of likely N-dealkylation sites (N-methyl/N-ethyl adjacent to an activating group) is 1. The number of hydrogen-bond acceptors (Lipinski definition) is 6. The van der Waals surface area contributed by atoms with Gasteiger partial charge in [-0.15, -0.1) is 0 Å². The van der Waals surface area contributed by atoms with Crippen molar-refractivity contribution in [3.8, 4) is 0 Å². The van der Waals surface area contributed by atoms with Crippen LogP contribution in [0.25, 0.3) is 0 Å². The van der Waals surface area contributed by atoms with Gasteiger partial charge in [0, 0.05) is 25.2 Å². The van der Waals surface area contributed by atoms with Crippen LogP contribution in [0.3, 0.4) is 0 Å². The maximum atomic E-state index is 13.9. The summed E-state index contributed by atoms with van der Waals surface area (Å²) in [5, 5.41) is 14.2. The van der Waals surface area contributed by atoms with E-state index in [2.05, 4.69) is 5.32 Å². The molecule has 0 saturated carbocycles. The van der Waals surface area contributed by atoms with Gasteiger partial charge < -0.3 is 10.2 Å². The fourth-order valence-corrected chi connectivity index (χ4v) is 5.54. The number of nitro benzene ring substituents is 1. The fourth-order valence-electron chi connectivity index (χ4n) is 4.11. The van der Waals surface area contributed by atoms with E-state index in [0.29, 0.717) is 13.0 Å². The molecule has 0 unspecified atom stereocenters. The van der Waals surface area contributed by atoms with Gasteiger partial charge in [-0.1, -0.05) is 61.0 Å². The molecule has 0 radical (unpaired) electrons. The summed E-state index contributed by atoms with van der Waals surface area (Å²) in [4.78, 5) is 38.9. The van der Waals surface area contributed by atoms with E-state index in [1.54, 1.807) is 32.0 Å². The monoisotopic (exact) mass is 552 g/mol. The predicted octanol–water partition coefficient (Wildman–Crippen LogP) is 4.04. The van der Waals surface area contributed by atoms with E-state index >= 15 is 0 Å². The van der Waals surface area contributed by atoms with Crippen LogP contribution in [0.4, 0.5) is 11.4 Å². The highest BCUT2D eigenvalue weighted by Crippen LogP contribution is 2.27. The topological polar surface area (TPSA) is 130 Å². The first-order valence-electron chi connectivity index (χ1n) is 12.5. The number of hydrogen-bond donors (Lipinski definition) is 1. The molecule has 0 aliphatic heterocycles. The molecule has 0 aliphatic rings. The van der Waals surface area contributed by atoms with Crippen LogP contribution >= 0.6 is 0 Å². The zero-order valence-corrected chi connectivity index (χ0v) is 22.9. The molecule has 0 fully saturated rings. The van der Waals surface area contributed by atoms with Crippen LogP contribution < -0.4 is 9.62 Å². The first kappa shape index (κ1) is 29.3. The molecule has 0 bridgehead atoms. The van der Waals surface area contributed by atoms with Crippen molar-refractivity contribution >= 4 is 33.2 Å². The maximum Gasteiger partial charge on any atom is 0.271 e. The van der Waals surface area contributed by atoms with Crippen molar-refractivity contribution in [1.82, 2.24) is 10.2 Å². The Labute approximate surface area is 228 Å². The van der Waals surface area contributed by atoms with Crippen molar-refractivity contribution in [3.63, 3.8) is 0 Å². The lowest BCUT2D eigenvalue weighted by molar-refractivity contribution is -0.384. The van der Waals surface area contributed by atoms with E-state index in [1.165, 1.54) is 35.2 Å². The van der Waals surface area contributed by atoms with Crippen molar-refractivity contribution < 1.29 is 22.9 Å². The molecule has 0 heterocycles. The summed E-state index contributed by atoms with van der Waals surface area (Å²) < 4.78 is 28.4. The third kappa shape index (κ3) is 7.20. The number of carbonyl (C=O) groups is 2. The molecule has 39 heavy (non-hydrogen) atoms. The second-order valence-electron chi connectivity index (χ2n) is 8.93. The summed E-state index contributed by atoms with van der Waals surface area (Å²) in [6.07, 6.45) is 0.297. The summed E-state index contributed by atoms with van der Waals surface area (Å²) in [5.74, 6) is -0.979. The number of nitrogens with one attached hydrogen (secondary N) is 1. The Morgan fingerprint density at radius 2 is 1.64 bits per heavy atom. The van der Waals surface area contributed by atoms with Gasteiger partial charge in [-0.05, 0) is 44.0 Å². The number of aryl methyl sites for hydroxylation is 1. The van der Waals surface area contributed by atoms with Crippen molar-refractivity contribution in [2.75, 3.05) is 17.4 Å². The molecule has 0 aromatic heterocycles. The molecular formula is C28H32N4O6S. The molecule has 10 nitrogen and oxygen atoms in total. The van der Waals surface area contributed by atoms with E-state index in [0.717, 1.165) is 21.5 Å². The number of rotatable bonds is 12. The number of benzene rings is 3. The Hall–Kier alpha value is -4.25. The molecule has 3 aromatic carbocycles. The minimum atomic E-state index is -4.30. The summed E-state index contributed by atoms with van der Waals surface area (Å²) in [5.41, 5.74) is 1.43. The molecule has 0 aliphatic carbocycles. The third-order valence-electron chi connectivity index (χ3n) is 6.15. The van der Waals surface area contributed by atoms with E-state index in [-0.39, 0.29) is 28.7 Å². The molecule has 3 aromatic rings. The highest BCUT2D eigenvalue weighted by molar-refractivity contribution is 7.92. The first-order valence-corrected chi connectivity index (χ1v) is 14.0. The fraction of sp³-hybridized carbons (Fsp3) is 0.286. The van der Waals surface area contributed by atoms with Gasteiger partial charge in [0.2, 0.25) is 11.8 Å². The predicted molar refractivity (Wildman–Crippen MR) is 149 cm³/mol. The SMILES string of the molecule is CCNC(=O)[C@H](CC)N(Cc1ccc(C)cc1)C(=O)CN(c1cccc([N+](=O)[O-])c1)S(=O)(=O)c1ccccc1. The number of nitro groups is 1. The quantitative estimate of drug-likeness (QED) is 0.267. The number of nitrogens with zero attached hydrogens (tertiary/aromatic N) is 3. The van der Waals surface area contributed by atoms with E-state index < -0.39 is 33.4 Å². The second-order valence-corrected chi connectivity index (χ2v) is 10.8. The van der Waals surface area contributed by atoms with Gasteiger partial charge in [0.25, 0.3) is 15.7 Å². The van der Waals surface area contributed by atoms with Crippen LogP contribution in [0, 0.1) is 17.0 Å². The van der Waals surface area contributed by atoms with Gasteiger partial charge in [0.1, 0.15) is 12.6 Å². The smallest absolute Gasteiger partial charge is 0.271 e. The summed E-state index contributed by atoms with van der Waals surface area (Å²) in [6.45, 7) is 5.25. The molecule has 2 amide bonds. The van der Waals surface area contributed by atoms with Crippen LogP contribution in [0.15, 0.2) is 83.8 Å². The van der Waals surface area contributed by atoms with E-state index in [4.69, 9.17) is 0 Å². The van der Waals surface area contributed by atoms with Crippen LogP contribution in [-0.4, -0.2) is 49.2 Å². The number of carbonyl (C=O) groups excluding carboxylic acids is 2. The van der Waals surface area contributed by atoms with E-state index in [9.17, 15) is 28.1 Å². The lowest BCUT2D eigenvalue weighted by atomic mass is 10.1. The number of anilines is 1. The van der Waals surface area contributed by atoms with Gasteiger partial charge in [-0.25, -0.2) is 8.42 Å². The molecular weight excluding hydrogens is 520 g/mol. The molecule has 3 rings (SSSR count). The normalized spacial score (nSPS) is 11.9. The van der Waals surface area contributed by atoms with Gasteiger partial charge in [0.15, 0.2) is 0 Å². The Balaban J connectivity index is 2.08. The number of non-ortho nitro benzene ring substituents is 1. The van der Waals surface area contributed by atoms with Crippen molar-refractivity contribution in [2.24, 2.45) is 0 Å². The Bertz CT molecular complexity index is 1410. The van der Waals surface area contributed by atoms with Crippen molar-refractivity contribution in [3.05, 3.63) is 100 Å². The Morgan fingerprint density at radius 1 is 0.974 bits per heavy atom. The number of amides is 2. The zero-order valence-electron chi connectivity index (χ0n) is 22.1. The van der Waals surface area contributed by atoms with Crippen LogP contribution in [-0.2, 0) is 26.2 Å². The highest BCUT2D eigenvalue weighted by Gasteiger charge is 2.34. The van der Waals surface area contributed by atoms with Crippen LogP contribution in [0.1, 0.15) is 31.4 Å². The molecule has 0 spiro atoms. The molecule has 0 saturated heterocycles. The second kappa shape index (κ2) is 13.0. The summed E-state index contributed by atoms with van der Waals surface area (Å²) in [6, 6.07) is 19.2. The lowest BCUT2D eigenvalue weighted by Gasteiger charge is -2.33. The standard InChI is InChI=1S/C28H32N4O6S/c1-4-26(28(34)29-5-2)30(19-22-16-14-21(3)15-17-22)27(33)20-31(23-10-9-11-24(18-23)32(35)36)39(37,38)25-12-7-6-8-13-25/h6-18,26H,4-5,19-20H2,1-3H3,(H,29,34)/t26-/m0/s1. The molecule has 1 atom stereocenters. The Kier molecular flexibility index (Phi) is 9.78. The average Bonchev–Trinajstić information content (AvgIpc) is 2.93. The van der Waals surface area contributed by atoms with Gasteiger partial charge >= 0.3 is 0 Å². The van der Waals surface area contributed by atoms with Gasteiger partial charge in [-0.3, -0.25) is 24.0 Å². The highest BCUT2D eigenvalue weighted by atomic mass is 32.2. The summed E-state index contributed by atoms with van der Waals surface area (Å²) >= 11 is 0. The molecule has 1 N–H and O–H groups in total. The van der Waals surface area contributed by atoms with Gasteiger partial charge in [0.05, 0.1) is 15.5 Å². The van der Waals surface area contributed by atoms with Crippen LogP contribution in [0.5, 0.6) is 0 Å². The molecule has 206 valence electrons.